The smallest absolute Gasteiger partial charge is 0.278 e. The van der Waals surface area contributed by atoms with Crippen molar-refractivity contribution in [1.82, 2.24) is 19.5 Å². The Labute approximate surface area is 170 Å². The molecule has 4 rings (SSSR count). The highest BCUT2D eigenvalue weighted by Gasteiger charge is 2.35. The van der Waals surface area contributed by atoms with Crippen molar-refractivity contribution in [2.45, 2.75) is 31.4 Å². The number of nitrogens with zero attached hydrogens (tertiary/aromatic N) is 5. The SMILES string of the molecule is COc1ccc(CNc2ncnc3c2ncn3[C@H]2C[C@@H](O)[C@@H](CO)O2)c([N+](=O)[O-])c1. The molecular formula is C18H20N6O6. The number of aliphatic hydroxyl groups excluding tert-OH is 2. The normalized spacial score (nSPS) is 21.1. The summed E-state index contributed by atoms with van der Waals surface area (Å²) in [5.41, 5.74) is 1.33. The van der Waals surface area contributed by atoms with E-state index in [9.17, 15) is 20.3 Å². The molecule has 1 aliphatic rings. The Hall–Kier alpha value is -3.35. The van der Waals surface area contributed by atoms with Gasteiger partial charge < -0.3 is 25.0 Å². The molecule has 3 heterocycles. The number of anilines is 1. The third kappa shape index (κ3) is 3.63. The first-order valence-corrected chi connectivity index (χ1v) is 9.19. The van der Waals surface area contributed by atoms with E-state index in [2.05, 4.69) is 20.3 Å². The number of methoxy groups -OCH3 is 1. The number of aromatic nitrogens is 4. The van der Waals surface area contributed by atoms with Crippen LogP contribution in [0.2, 0.25) is 0 Å². The molecule has 3 N–H and O–H groups in total. The highest BCUT2D eigenvalue weighted by molar-refractivity contribution is 5.82. The predicted molar refractivity (Wildman–Crippen MR) is 104 cm³/mol. The van der Waals surface area contributed by atoms with Crippen LogP contribution in [0.15, 0.2) is 30.9 Å². The zero-order valence-corrected chi connectivity index (χ0v) is 16.0. The van der Waals surface area contributed by atoms with Gasteiger partial charge in [0.25, 0.3) is 5.69 Å². The Kier molecular flexibility index (Phi) is 5.44. The van der Waals surface area contributed by atoms with Crippen molar-refractivity contribution in [2.75, 3.05) is 19.0 Å². The molecule has 0 bridgehead atoms. The fourth-order valence-corrected chi connectivity index (χ4v) is 3.41. The molecular weight excluding hydrogens is 396 g/mol. The van der Waals surface area contributed by atoms with Gasteiger partial charge in [0.05, 0.1) is 37.1 Å². The summed E-state index contributed by atoms with van der Waals surface area (Å²) in [7, 11) is 1.45. The second-order valence-corrected chi connectivity index (χ2v) is 6.77. The average Bonchev–Trinajstić information content (AvgIpc) is 3.35. The number of nitrogens with one attached hydrogen (secondary N) is 1. The van der Waals surface area contributed by atoms with E-state index in [0.29, 0.717) is 34.7 Å². The molecule has 12 heteroatoms. The molecule has 3 atom stereocenters. The lowest BCUT2D eigenvalue weighted by molar-refractivity contribution is -0.385. The van der Waals surface area contributed by atoms with Crippen LogP contribution in [-0.4, -0.2) is 60.6 Å². The number of nitro benzene ring substituents is 1. The molecule has 1 aliphatic heterocycles. The zero-order valence-electron chi connectivity index (χ0n) is 16.0. The summed E-state index contributed by atoms with van der Waals surface area (Å²) in [6.07, 6.45) is 1.20. The maximum atomic E-state index is 11.4. The molecule has 0 radical (unpaired) electrons. The van der Waals surface area contributed by atoms with Gasteiger partial charge in [-0.3, -0.25) is 14.7 Å². The van der Waals surface area contributed by atoms with Crippen LogP contribution in [-0.2, 0) is 11.3 Å². The van der Waals surface area contributed by atoms with Crippen LogP contribution in [0.1, 0.15) is 18.2 Å². The number of nitro groups is 1. The lowest BCUT2D eigenvalue weighted by Gasteiger charge is -2.13. The molecule has 1 saturated heterocycles. The van der Waals surface area contributed by atoms with Crippen molar-refractivity contribution >= 4 is 22.7 Å². The number of fused-ring (bicyclic) bond motifs is 1. The van der Waals surface area contributed by atoms with Gasteiger partial charge in [-0.1, -0.05) is 0 Å². The zero-order chi connectivity index (χ0) is 21.3. The highest BCUT2D eigenvalue weighted by atomic mass is 16.6. The first kappa shape index (κ1) is 19.9. The molecule has 2 aromatic heterocycles. The van der Waals surface area contributed by atoms with Crippen molar-refractivity contribution < 1.29 is 24.6 Å². The summed E-state index contributed by atoms with van der Waals surface area (Å²) in [4.78, 5) is 23.7. The Morgan fingerprint density at radius 3 is 2.93 bits per heavy atom. The number of aliphatic hydroxyl groups is 2. The van der Waals surface area contributed by atoms with Gasteiger partial charge in [-0.15, -0.1) is 0 Å². The van der Waals surface area contributed by atoms with Crippen LogP contribution in [0, 0.1) is 10.1 Å². The van der Waals surface area contributed by atoms with Crippen molar-refractivity contribution in [1.29, 1.82) is 0 Å². The standard InChI is InChI=1S/C18H20N6O6/c1-29-11-3-2-10(12(4-11)24(27)28)6-19-17-16-18(21-8-20-17)23(9-22-16)15-5-13(26)14(7-25)30-15/h2-4,8-9,13-15,25-26H,5-7H2,1H3,(H,19,20,21)/t13-,14-,15-/m1/s1. The minimum Gasteiger partial charge on any atom is -0.497 e. The number of benzene rings is 1. The third-order valence-electron chi connectivity index (χ3n) is 4.99. The van der Waals surface area contributed by atoms with E-state index in [1.807, 2.05) is 0 Å². The molecule has 0 saturated carbocycles. The van der Waals surface area contributed by atoms with Crippen LogP contribution < -0.4 is 10.1 Å². The van der Waals surface area contributed by atoms with E-state index in [4.69, 9.17) is 9.47 Å². The molecule has 158 valence electrons. The van der Waals surface area contributed by atoms with Gasteiger partial charge in [-0.25, -0.2) is 15.0 Å². The Bertz CT molecular complexity index is 1070. The first-order valence-electron chi connectivity index (χ1n) is 9.19. The third-order valence-corrected chi connectivity index (χ3v) is 4.99. The molecule has 1 aromatic carbocycles. The van der Waals surface area contributed by atoms with Gasteiger partial charge in [-0.05, 0) is 12.1 Å². The van der Waals surface area contributed by atoms with E-state index in [1.165, 1.54) is 25.8 Å². The topological polar surface area (TPSA) is 158 Å². The summed E-state index contributed by atoms with van der Waals surface area (Å²) in [6.45, 7) is -0.142. The molecule has 0 amide bonds. The quantitative estimate of drug-likeness (QED) is 0.375. The highest BCUT2D eigenvalue weighted by Crippen LogP contribution is 2.32. The lowest BCUT2D eigenvalue weighted by atomic mass is 10.1. The number of hydrogen-bond donors (Lipinski definition) is 3. The van der Waals surface area contributed by atoms with Crippen LogP contribution >= 0.6 is 0 Å². The predicted octanol–water partition coefficient (Wildman–Crippen LogP) is 0.996. The molecule has 0 aliphatic carbocycles. The van der Waals surface area contributed by atoms with Gasteiger partial charge in [0.2, 0.25) is 0 Å². The molecule has 0 spiro atoms. The number of imidazole rings is 1. The van der Waals surface area contributed by atoms with Gasteiger partial charge in [-0.2, -0.15) is 0 Å². The van der Waals surface area contributed by atoms with Gasteiger partial charge >= 0.3 is 0 Å². The van der Waals surface area contributed by atoms with Crippen molar-refractivity contribution in [3.63, 3.8) is 0 Å². The number of rotatable bonds is 7. The van der Waals surface area contributed by atoms with Crippen molar-refractivity contribution in [3.05, 3.63) is 46.5 Å². The van der Waals surface area contributed by atoms with Crippen LogP contribution in [0.5, 0.6) is 5.75 Å². The van der Waals surface area contributed by atoms with E-state index >= 15 is 0 Å². The van der Waals surface area contributed by atoms with Crippen molar-refractivity contribution in [3.8, 4) is 5.75 Å². The molecule has 30 heavy (non-hydrogen) atoms. The van der Waals surface area contributed by atoms with Crippen molar-refractivity contribution in [2.24, 2.45) is 0 Å². The number of hydrogen-bond acceptors (Lipinski definition) is 10. The summed E-state index contributed by atoms with van der Waals surface area (Å²) < 4.78 is 12.4. The van der Waals surface area contributed by atoms with Crippen LogP contribution in [0.3, 0.4) is 0 Å². The maximum absolute atomic E-state index is 11.4. The van der Waals surface area contributed by atoms with Gasteiger partial charge in [0, 0.05) is 18.5 Å². The fraction of sp³-hybridized carbons (Fsp3) is 0.389. The summed E-state index contributed by atoms with van der Waals surface area (Å²) >= 11 is 0. The molecule has 0 unspecified atom stereocenters. The summed E-state index contributed by atoms with van der Waals surface area (Å²) in [5.74, 6) is 0.801. The largest absolute Gasteiger partial charge is 0.497 e. The van der Waals surface area contributed by atoms with E-state index in [-0.39, 0.29) is 18.8 Å². The second-order valence-electron chi connectivity index (χ2n) is 6.77. The minimum absolute atomic E-state index is 0.0685. The molecule has 1 fully saturated rings. The van der Waals surface area contributed by atoms with Gasteiger partial charge in [0.15, 0.2) is 17.0 Å². The Balaban J connectivity index is 1.58. The number of ether oxygens (including phenoxy) is 2. The van der Waals surface area contributed by atoms with E-state index in [1.54, 1.807) is 16.7 Å². The average molecular weight is 416 g/mol. The Morgan fingerprint density at radius 2 is 2.23 bits per heavy atom. The summed E-state index contributed by atoms with van der Waals surface area (Å²) in [6, 6.07) is 4.62. The fourth-order valence-electron chi connectivity index (χ4n) is 3.41. The van der Waals surface area contributed by atoms with E-state index < -0.39 is 23.4 Å². The van der Waals surface area contributed by atoms with Crippen LogP contribution in [0.25, 0.3) is 11.2 Å². The minimum atomic E-state index is -0.785. The van der Waals surface area contributed by atoms with Gasteiger partial charge in [0.1, 0.15) is 24.4 Å². The Morgan fingerprint density at radius 1 is 1.40 bits per heavy atom. The summed E-state index contributed by atoms with van der Waals surface area (Å²) in [5, 5.41) is 33.7. The monoisotopic (exact) mass is 416 g/mol. The molecule has 12 nitrogen and oxygen atoms in total. The molecule has 3 aromatic rings. The lowest BCUT2D eigenvalue weighted by Crippen LogP contribution is -2.24. The maximum Gasteiger partial charge on any atom is 0.278 e. The van der Waals surface area contributed by atoms with E-state index in [0.717, 1.165) is 0 Å². The second kappa shape index (κ2) is 8.18. The first-order chi connectivity index (χ1) is 14.5. The van der Waals surface area contributed by atoms with Crippen LogP contribution in [0.4, 0.5) is 11.5 Å².